The zero-order valence-electron chi connectivity index (χ0n) is 11.6. The SMILES string of the molecule is Cl.Cl.Oc1ccccc1[C@H](CC1CC1)N1CCNCC1. The van der Waals surface area contributed by atoms with Crippen LogP contribution in [0, 0.1) is 5.92 Å². The van der Waals surface area contributed by atoms with E-state index in [0.29, 0.717) is 11.8 Å². The molecule has 1 aliphatic heterocycles. The molecule has 1 aliphatic carbocycles. The molecule has 3 nitrogen and oxygen atoms in total. The standard InChI is InChI=1S/C15H22N2O.2ClH/c18-15-4-2-1-3-13(15)14(11-12-5-6-12)17-9-7-16-8-10-17;;/h1-4,12,14,16,18H,5-11H2;2*1H/t14-;;/m0../s1. The van der Waals surface area contributed by atoms with Gasteiger partial charge in [-0.3, -0.25) is 4.90 Å². The first-order valence-electron chi connectivity index (χ1n) is 7.07. The number of hydrogen-bond acceptors (Lipinski definition) is 3. The Bertz CT molecular complexity index is 407. The lowest BCUT2D eigenvalue weighted by Gasteiger charge is -2.35. The molecule has 20 heavy (non-hydrogen) atoms. The second-order valence-corrected chi connectivity index (χ2v) is 5.54. The normalized spacial score (nSPS) is 20.6. The number of nitrogens with zero attached hydrogens (tertiary/aromatic N) is 1. The van der Waals surface area contributed by atoms with Gasteiger partial charge in [0.25, 0.3) is 0 Å². The summed E-state index contributed by atoms with van der Waals surface area (Å²) in [7, 11) is 0. The van der Waals surface area contributed by atoms with E-state index in [9.17, 15) is 5.11 Å². The Morgan fingerprint density at radius 1 is 1.15 bits per heavy atom. The fourth-order valence-electron chi connectivity index (χ4n) is 2.91. The average Bonchev–Trinajstić information content (AvgIpc) is 3.22. The highest BCUT2D eigenvalue weighted by Crippen LogP contribution is 2.42. The maximum absolute atomic E-state index is 10.1. The van der Waals surface area contributed by atoms with Crippen LogP contribution in [-0.4, -0.2) is 36.2 Å². The van der Waals surface area contributed by atoms with Crippen LogP contribution in [0.2, 0.25) is 0 Å². The van der Waals surface area contributed by atoms with E-state index >= 15 is 0 Å². The molecule has 1 aromatic carbocycles. The quantitative estimate of drug-likeness (QED) is 0.896. The number of rotatable bonds is 4. The van der Waals surface area contributed by atoms with Gasteiger partial charge in [0.1, 0.15) is 5.75 Å². The van der Waals surface area contributed by atoms with Crippen molar-refractivity contribution in [2.24, 2.45) is 5.92 Å². The van der Waals surface area contributed by atoms with Crippen LogP contribution in [0.1, 0.15) is 30.9 Å². The van der Waals surface area contributed by atoms with Gasteiger partial charge in [-0.25, -0.2) is 0 Å². The number of benzene rings is 1. The maximum Gasteiger partial charge on any atom is 0.120 e. The molecule has 5 heteroatoms. The number of piperazine rings is 1. The van der Waals surface area contributed by atoms with E-state index in [1.54, 1.807) is 0 Å². The van der Waals surface area contributed by atoms with Crippen LogP contribution in [0.15, 0.2) is 24.3 Å². The summed E-state index contributed by atoms with van der Waals surface area (Å²) in [4.78, 5) is 2.53. The highest BCUT2D eigenvalue weighted by molar-refractivity contribution is 5.85. The molecule has 114 valence electrons. The van der Waals surface area contributed by atoms with Gasteiger partial charge < -0.3 is 10.4 Å². The molecule has 0 radical (unpaired) electrons. The number of hydrogen-bond donors (Lipinski definition) is 2. The van der Waals surface area contributed by atoms with Crippen molar-refractivity contribution >= 4 is 24.8 Å². The first kappa shape index (κ1) is 17.6. The summed E-state index contributed by atoms with van der Waals surface area (Å²) in [5.74, 6) is 1.34. The number of phenolic OH excluding ortho intramolecular Hbond substituents is 1. The van der Waals surface area contributed by atoms with Crippen LogP contribution in [0.4, 0.5) is 0 Å². The predicted molar refractivity (Wildman–Crippen MR) is 87.1 cm³/mol. The second-order valence-electron chi connectivity index (χ2n) is 5.54. The van der Waals surface area contributed by atoms with Crippen molar-refractivity contribution in [1.29, 1.82) is 0 Å². The minimum absolute atomic E-state index is 0. The minimum atomic E-state index is 0. The number of phenols is 1. The van der Waals surface area contributed by atoms with Crippen LogP contribution < -0.4 is 5.32 Å². The van der Waals surface area contributed by atoms with E-state index in [1.165, 1.54) is 19.3 Å². The van der Waals surface area contributed by atoms with Gasteiger partial charge >= 0.3 is 0 Å². The van der Waals surface area contributed by atoms with Crippen LogP contribution in [0.5, 0.6) is 5.75 Å². The molecule has 0 aromatic heterocycles. The van der Waals surface area contributed by atoms with Crippen LogP contribution in [0.3, 0.4) is 0 Å². The van der Waals surface area contributed by atoms with Crippen molar-refractivity contribution < 1.29 is 5.11 Å². The van der Waals surface area contributed by atoms with E-state index in [4.69, 9.17) is 0 Å². The van der Waals surface area contributed by atoms with E-state index in [-0.39, 0.29) is 24.8 Å². The molecule has 2 aliphatic rings. The molecular weight excluding hydrogens is 295 g/mol. The van der Waals surface area contributed by atoms with Crippen molar-refractivity contribution in [3.8, 4) is 5.75 Å². The largest absolute Gasteiger partial charge is 0.508 e. The Kier molecular flexibility index (Phi) is 7.10. The lowest BCUT2D eigenvalue weighted by atomic mass is 9.98. The third-order valence-electron chi connectivity index (χ3n) is 4.14. The molecule has 1 heterocycles. The highest BCUT2D eigenvalue weighted by Gasteiger charge is 2.31. The molecule has 0 unspecified atom stereocenters. The van der Waals surface area contributed by atoms with Crippen LogP contribution >= 0.6 is 24.8 Å². The Hall–Kier alpha value is -0.480. The summed E-state index contributed by atoms with van der Waals surface area (Å²) in [6.07, 6.45) is 3.95. The summed E-state index contributed by atoms with van der Waals surface area (Å²) < 4.78 is 0. The second kappa shape index (κ2) is 8.08. The highest BCUT2D eigenvalue weighted by atomic mass is 35.5. The van der Waals surface area contributed by atoms with Gasteiger partial charge in [0.2, 0.25) is 0 Å². The van der Waals surface area contributed by atoms with Gasteiger partial charge in [0, 0.05) is 37.8 Å². The first-order chi connectivity index (χ1) is 8.84. The lowest BCUT2D eigenvalue weighted by molar-refractivity contribution is 0.158. The first-order valence-corrected chi connectivity index (χ1v) is 7.07. The van der Waals surface area contributed by atoms with E-state index in [1.807, 2.05) is 18.2 Å². The Morgan fingerprint density at radius 3 is 2.40 bits per heavy atom. The monoisotopic (exact) mass is 318 g/mol. The Morgan fingerprint density at radius 2 is 1.80 bits per heavy atom. The van der Waals surface area contributed by atoms with Crippen molar-refractivity contribution in [2.45, 2.75) is 25.3 Å². The van der Waals surface area contributed by atoms with Crippen LogP contribution in [-0.2, 0) is 0 Å². The topological polar surface area (TPSA) is 35.5 Å². The average molecular weight is 319 g/mol. The van der Waals surface area contributed by atoms with E-state index in [2.05, 4.69) is 16.3 Å². The zero-order chi connectivity index (χ0) is 12.4. The summed E-state index contributed by atoms with van der Waals surface area (Å²) in [6.45, 7) is 4.31. The predicted octanol–water partition coefficient (Wildman–Crippen LogP) is 2.98. The molecule has 0 bridgehead atoms. The molecule has 0 amide bonds. The summed E-state index contributed by atoms with van der Waals surface area (Å²) in [5, 5.41) is 13.5. The van der Waals surface area contributed by atoms with Crippen molar-refractivity contribution in [2.75, 3.05) is 26.2 Å². The Balaban J connectivity index is 0.000001000. The van der Waals surface area contributed by atoms with Crippen molar-refractivity contribution in [3.05, 3.63) is 29.8 Å². The number of para-hydroxylation sites is 1. The minimum Gasteiger partial charge on any atom is -0.508 e. The third-order valence-corrected chi connectivity index (χ3v) is 4.14. The summed E-state index contributed by atoms with van der Waals surface area (Å²) >= 11 is 0. The lowest BCUT2D eigenvalue weighted by Crippen LogP contribution is -2.45. The molecule has 1 saturated carbocycles. The molecule has 1 aromatic rings. The van der Waals surface area contributed by atoms with Gasteiger partial charge in [-0.2, -0.15) is 0 Å². The van der Waals surface area contributed by atoms with Crippen LogP contribution in [0.25, 0.3) is 0 Å². The number of aromatic hydroxyl groups is 1. The molecule has 1 saturated heterocycles. The maximum atomic E-state index is 10.1. The third kappa shape index (κ3) is 4.26. The fraction of sp³-hybridized carbons (Fsp3) is 0.600. The van der Waals surface area contributed by atoms with E-state index < -0.39 is 0 Å². The van der Waals surface area contributed by atoms with Gasteiger partial charge in [-0.15, -0.1) is 24.8 Å². The molecular formula is C15H24Cl2N2O. The molecule has 1 atom stereocenters. The van der Waals surface area contributed by atoms with Gasteiger partial charge in [0.15, 0.2) is 0 Å². The zero-order valence-corrected chi connectivity index (χ0v) is 13.3. The molecule has 3 rings (SSSR count). The van der Waals surface area contributed by atoms with Gasteiger partial charge in [-0.1, -0.05) is 31.0 Å². The fourth-order valence-corrected chi connectivity index (χ4v) is 2.91. The van der Waals surface area contributed by atoms with Crippen molar-refractivity contribution in [3.63, 3.8) is 0 Å². The summed E-state index contributed by atoms with van der Waals surface area (Å²) in [6, 6.07) is 8.25. The smallest absolute Gasteiger partial charge is 0.120 e. The number of halogens is 2. The van der Waals surface area contributed by atoms with E-state index in [0.717, 1.165) is 37.7 Å². The number of nitrogens with one attached hydrogen (secondary N) is 1. The van der Waals surface area contributed by atoms with Gasteiger partial charge in [0.05, 0.1) is 0 Å². The van der Waals surface area contributed by atoms with Gasteiger partial charge in [-0.05, 0) is 18.4 Å². The van der Waals surface area contributed by atoms with Crippen molar-refractivity contribution in [1.82, 2.24) is 10.2 Å². The molecule has 2 N–H and O–H groups in total. The molecule has 0 spiro atoms. The molecule has 2 fully saturated rings. The Labute approximate surface area is 133 Å². The summed E-state index contributed by atoms with van der Waals surface area (Å²) in [5.41, 5.74) is 1.12.